The molecular formula is C24H30F2N2O2. The summed E-state index contributed by atoms with van der Waals surface area (Å²) in [6, 6.07) is 9.33. The first kappa shape index (κ1) is 22.4. The fourth-order valence-electron chi connectivity index (χ4n) is 4.21. The average molecular weight is 417 g/mol. The minimum atomic E-state index is -0.903. The molecule has 0 saturated heterocycles. The molecule has 0 aliphatic heterocycles. The van der Waals surface area contributed by atoms with E-state index in [2.05, 4.69) is 35.8 Å². The zero-order chi connectivity index (χ0) is 21.7. The highest BCUT2D eigenvalue weighted by Crippen LogP contribution is 2.30. The first-order valence-corrected chi connectivity index (χ1v) is 10.6. The molecule has 2 aromatic rings. The molecule has 0 aromatic heterocycles. The molecule has 6 heteroatoms. The Morgan fingerprint density at radius 1 is 1.17 bits per heavy atom. The van der Waals surface area contributed by atoms with E-state index in [-0.39, 0.29) is 24.9 Å². The van der Waals surface area contributed by atoms with E-state index in [0.29, 0.717) is 5.56 Å². The molecule has 0 saturated carbocycles. The summed E-state index contributed by atoms with van der Waals surface area (Å²) in [7, 11) is 0. The third-order valence-electron chi connectivity index (χ3n) is 5.74. The second-order valence-corrected chi connectivity index (χ2v) is 8.10. The summed E-state index contributed by atoms with van der Waals surface area (Å²) in [5.74, 6) is -1.65. The number of carbonyl (C=O) groups excluding carboxylic acids is 1. The molecule has 0 fully saturated rings. The Bertz CT molecular complexity index is 867. The van der Waals surface area contributed by atoms with Crippen molar-refractivity contribution in [3.63, 3.8) is 0 Å². The molecule has 0 radical (unpaired) electrons. The van der Waals surface area contributed by atoms with Gasteiger partial charge in [-0.05, 0) is 66.5 Å². The van der Waals surface area contributed by atoms with Gasteiger partial charge >= 0.3 is 0 Å². The number of aliphatic hydroxyl groups excluding tert-OH is 1. The summed E-state index contributed by atoms with van der Waals surface area (Å²) < 4.78 is 27.1. The van der Waals surface area contributed by atoms with Crippen LogP contribution in [-0.4, -0.2) is 29.7 Å². The van der Waals surface area contributed by atoms with Crippen molar-refractivity contribution in [3.05, 3.63) is 70.3 Å². The number of rotatable bonds is 8. The van der Waals surface area contributed by atoms with Crippen LogP contribution >= 0.6 is 0 Å². The topological polar surface area (TPSA) is 61.4 Å². The van der Waals surface area contributed by atoms with Gasteiger partial charge in [-0.1, -0.05) is 25.1 Å². The van der Waals surface area contributed by atoms with Gasteiger partial charge in [0.2, 0.25) is 5.91 Å². The molecule has 3 N–H and O–H groups in total. The second-order valence-electron chi connectivity index (χ2n) is 8.10. The van der Waals surface area contributed by atoms with E-state index >= 15 is 0 Å². The van der Waals surface area contributed by atoms with Gasteiger partial charge in [0.15, 0.2) is 0 Å². The van der Waals surface area contributed by atoms with Gasteiger partial charge in [-0.2, -0.15) is 0 Å². The second kappa shape index (κ2) is 10.1. The fourth-order valence-corrected chi connectivity index (χ4v) is 4.21. The minimum Gasteiger partial charge on any atom is -0.390 e. The Kier molecular flexibility index (Phi) is 7.56. The van der Waals surface area contributed by atoms with Crippen LogP contribution in [0.15, 0.2) is 36.4 Å². The van der Waals surface area contributed by atoms with Gasteiger partial charge in [-0.25, -0.2) is 8.78 Å². The van der Waals surface area contributed by atoms with E-state index in [4.69, 9.17) is 0 Å². The average Bonchev–Trinajstić information content (AvgIpc) is 2.70. The third kappa shape index (κ3) is 5.86. The van der Waals surface area contributed by atoms with Crippen molar-refractivity contribution in [2.24, 2.45) is 0 Å². The number of hydrogen-bond acceptors (Lipinski definition) is 3. The number of halogens is 2. The molecule has 162 valence electrons. The number of carbonyl (C=O) groups is 1. The highest BCUT2D eigenvalue weighted by molar-refractivity contribution is 5.73. The Morgan fingerprint density at radius 2 is 1.90 bits per heavy atom. The largest absolute Gasteiger partial charge is 0.390 e. The first-order valence-electron chi connectivity index (χ1n) is 10.6. The monoisotopic (exact) mass is 416 g/mol. The zero-order valence-electron chi connectivity index (χ0n) is 17.6. The van der Waals surface area contributed by atoms with Crippen molar-refractivity contribution in [2.75, 3.05) is 6.54 Å². The molecule has 1 aliphatic carbocycles. The van der Waals surface area contributed by atoms with Gasteiger partial charge in [-0.3, -0.25) is 4.79 Å². The van der Waals surface area contributed by atoms with Crippen LogP contribution < -0.4 is 10.6 Å². The van der Waals surface area contributed by atoms with E-state index in [1.165, 1.54) is 35.7 Å². The highest BCUT2D eigenvalue weighted by atomic mass is 19.1. The highest BCUT2D eigenvalue weighted by Gasteiger charge is 2.25. The summed E-state index contributed by atoms with van der Waals surface area (Å²) in [6.07, 6.45) is 3.31. The predicted molar refractivity (Wildman–Crippen MR) is 113 cm³/mol. The Hall–Kier alpha value is -2.31. The number of nitrogens with one attached hydrogen (secondary N) is 2. The fraction of sp³-hybridized carbons (Fsp3) is 0.458. The van der Waals surface area contributed by atoms with Crippen molar-refractivity contribution in [1.82, 2.24) is 10.6 Å². The summed E-state index contributed by atoms with van der Waals surface area (Å²) in [6.45, 7) is 3.76. The lowest BCUT2D eigenvalue weighted by atomic mass is 9.86. The number of aryl methyl sites for hydroxylation is 2. The lowest BCUT2D eigenvalue weighted by molar-refractivity contribution is -0.120. The van der Waals surface area contributed by atoms with Gasteiger partial charge in [0.25, 0.3) is 0 Å². The molecule has 0 bridgehead atoms. The summed E-state index contributed by atoms with van der Waals surface area (Å²) in [5.41, 5.74) is 4.28. The number of benzene rings is 2. The maximum absolute atomic E-state index is 13.5. The Balaban J connectivity index is 1.69. The van der Waals surface area contributed by atoms with Crippen molar-refractivity contribution in [3.8, 4) is 0 Å². The summed E-state index contributed by atoms with van der Waals surface area (Å²) in [5, 5.41) is 16.9. The molecule has 30 heavy (non-hydrogen) atoms. The van der Waals surface area contributed by atoms with Crippen molar-refractivity contribution in [1.29, 1.82) is 0 Å². The Labute approximate surface area is 176 Å². The van der Waals surface area contributed by atoms with E-state index in [1.54, 1.807) is 0 Å². The predicted octanol–water partition coefficient (Wildman–Crippen LogP) is 3.60. The van der Waals surface area contributed by atoms with Crippen LogP contribution in [0.3, 0.4) is 0 Å². The van der Waals surface area contributed by atoms with E-state index in [9.17, 15) is 18.7 Å². The molecular weight excluding hydrogens is 386 g/mol. The SMILES string of the molecule is CCc1ccc2c(c1)[C@H](NC[C@H](O)[C@H](Cc1cc(F)cc(F)c1)NC(C)=O)CCC2. The first-order chi connectivity index (χ1) is 14.4. The van der Waals surface area contributed by atoms with Gasteiger partial charge in [0, 0.05) is 25.6 Å². The summed E-state index contributed by atoms with van der Waals surface area (Å²) in [4.78, 5) is 11.6. The molecule has 3 atom stereocenters. The quantitative estimate of drug-likeness (QED) is 0.616. The van der Waals surface area contributed by atoms with E-state index < -0.39 is 23.8 Å². The number of fused-ring (bicyclic) bond motifs is 1. The standard InChI is InChI=1S/C24H30F2N2O2/c1-3-16-7-8-18-5-4-6-22(21(18)11-16)27-14-24(30)23(28-15(2)29)12-17-9-19(25)13-20(26)10-17/h7-11,13,22-24,27,30H,3-6,12,14H2,1-2H3,(H,28,29)/t22-,23+,24+/m1/s1. The molecule has 1 amide bonds. The molecule has 1 aliphatic rings. The molecule has 0 heterocycles. The lowest BCUT2D eigenvalue weighted by Crippen LogP contribution is -2.48. The summed E-state index contributed by atoms with van der Waals surface area (Å²) >= 11 is 0. The van der Waals surface area contributed by atoms with Gasteiger partial charge < -0.3 is 15.7 Å². The zero-order valence-corrected chi connectivity index (χ0v) is 17.6. The van der Waals surface area contributed by atoms with Crippen molar-refractivity contribution in [2.45, 2.75) is 64.1 Å². The van der Waals surface area contributed by atoms with Crippen LogP contribution in [-0.2, 0) is 24.1 Å². The molecule has 3 rings (SSSR count). The van der Waals surface area contributed by atoms with E-state index in [1.807, 2.05) is 0 Å². The third-order valence-corrected chi connectivity index (χ3v) is 5.74. The molecule has 4 nitrogen and oxygen atoms in total. The van der Waals surface area contributed by atoms with Gasteiger partial charge in [-0.15, -0.1) is 0 Å². The van der Waals surface area contributed by atoms with Gasteiger partial charge in [0.1, 0.15) is 11.6 Å². The number of hydrogen-bond donors (Lipinski definition) is 3. The number of aliphatic hydroxyl groups is 1. The van der Waals surface area contributed by atoms with Crippen LogP contribution in [0.5, 0.6) is 0 Å². The smallest absolute Gasteiger partial charge is 0.217 e. The van der Waals surface area contributed by atoms with Crippen LogP contribution in [0.4, 0.5) is 8.78 Å². The van der Waals surface area contributed by atoms with Gasteiger partial charge in [0.05, 0.1) is 12.1 Å². The van der Waals surface area contributed by atoms with Crippen molar-refractivity contribution < 1.29 is 18.7 Å². The maximum Gasteiger partial charge on any atom is 0.217 e. The van der Waals surface area contributed by atoms with Crippen LogP contribution in [0.25, 0.3) is 0 Å². The maximum atomic E-state index is 13.5. The lowest BCUT2D eigenvalue weighted by Gasteiger charge is -2.30. The van der Waals surface area contributed by atoms with Crippen LogP contribution in [0.2, 0.25) is 0 Å². The normalized spacial score (nSPS) is 17.8. The molecule has 2 aromatic carbocycles. The van der Waals surface area contributed by atoms with Crippen LogP contribution in [0, 0.1) is 11.6 Å². The Morgan fingerprint density at radius 3 is 2.57 bits per heavy atom. The van der Waals surface area contributed by atoms with E-state index in [0.717, 1.165) is 31.7 Å². The van der Waals surface area contributed by atoms with Crippen molar-refractivity contribution >= 4 is 5.91 Å². The minimum absolute atomic E-state index is 0.137. The number of amides is 1. The van der Waals surface area contributed by atoms with Crippen LogP contribution in [0.1, 0.15) is 55.0 Å². The molecule has 0 unspecified atom stereocenters. The molecule has 0 spiro atoms.